The quantitative estimate of drug-likeness (QED) is 0.391. The van der Waals surface area contributed by atoms with Crippen LogP contribution in [-0.2, 0) is 0 Å². The summed E-state index contributed by atoms with van der Waals surface area (Å²) in [5.74, 6) is -1.48. The van der Waals surface area contributed by atoms with Crippen LogP contribution < -0.4 is 0 Å². The van der Waals surface area contributed by atoms with Crippen molar-refractivity contribution < 1.29 is 30.6 Å². The van der Waals surface area contributed by atoms with Crippen molar-refractivity contribution in [2.75, 3.05) is 0 Å². The van der Waals surface area contributed by atoms with E-state index in [2.05, 4.69) is 0 Å². The number of aliphatic hydroxyl groups is 4. The van der Waals surface area contributed by atoms with E-state index in [4.69, 9.17) is 0 Å². The van der Waals surface area contributed by atoms with Gasteiger partial charge in [0, 0.05) is 11.3 Å². The minimum atomic E-state index is -1.28. The fraction of sp³-hybridized carbons (Fsp3) is 0.667. The SMILES string of the molecule is C[C@]12CC[C@@H]3c4cc(O)c(O)cc4[C@@H](O)[C@@H](O)[C@H]3[C@@]1(O)CC[C@H]2O. The van der Waals surface area contributed by atoms with Gasteiger partial charge in [0.05, 0.1) is 17.8 Å². The lowest BCUT2D eigenvalue weighted by atomic mass is 9.51. The Morgan fingerprint density at radius 2 is 1.58 bits per heavy atom. The summed E-state index contributed by atoms with van der Waals surface area (Å²) in [5, 5.41) is 62.7. The molecule has 0 unspecified atom stereocenters. The highest BCUT2D eigenvalue weighted by molar-refractivity contribution is 5.50. The monoisotopic (exact) mass is 336 g/mol. The van der Waals surface area contributed by atoms with Crippen LogP contribution in [0.25, 0.3) is 0 Å². The maximum Gasteiger partial charge on any atom is 0.157 e. The molecule has 0 spiro atoms. The van der Waals surface area contributed by atoms with Gasteiger partial charge in [-0.15, -0.1) is 0 Å². The molecule has 6 nitrogen and oxygen atoms in total. The highest BCUT2D eigenvalue weighted by atomic mass is 16.3. The molecular formula is C18H24O6. The van der Waals surface area contributed by atoms with Crippen molar-refractivity contribution in [2.45, 2.75) is 62.4 Å². The van der Waals surface area contributed by atoms with Crippen molar-refractivity contribution in [1.82, 2.24) is 0 Å². The average Bonchev–Trinajstić information content (AvgIpc) is 2.78. The molecule has 6 heteroatoms. The van der Waals surface area contributed by atoms with E-state index in [1.54, 1.807) is 0 Å². The van der Waals surface area contributed by atoms with Gasteiger partial charge in [-0.1, -0.05) is 6.92 Å². The highest BCUT2D eigenvalue weighted by Gasteiger charge is 2.66. The first-order valence-electron chi connectivity index (χ1n) is 8.53. The van der Waals surface area contributed by atoms with Gasteiger partial charge in [0.1, 0.15) is 6.10 Å². The molecule has 0 heterocycles. The van der Waals surface area contributed by atoms with Gasteiger partial charge in [0.25, 0.3) is 0 Å². The van der Waals surface area contributed by atoms with Crippen molar-refractivity contribution in [3.05, 3.63) is 23.3 Å². The second kappa shape index (κ2) is 4.85. The highest BCUT2D eigenvalue weighted by Crippen LogP contribution is 2.64. The molecule has 2 saturated carbocycles. The van der Waals surface area contributed by atoms with Crippen LogP contribution in [0.3, 0.4) is 0 Å². The van der Waals surface area contributed by atoms with Gasteiger partial charge in [-0.2, -0.15) is 0 Å². The Bertz CT molecular complexity index is 690. The van der Waals surface area contributed by atoms with Crippen LogP contribution in [0.5, 0.6) is 11.5 Å². The predicted molar refractivity (Wildman–Crippen MR) is 84.5 cm³/mol. The Balaban J connectivity index is 1.87. The number of hydrogen-bond acceptors (Lipinski definition) is 6. The van der Waals surface area contributed by atoms with E-state index in [1.165, 1.54) is 12.1 Å². The first-order chi connectivity index (χ1) is 11.2. The van der Waals surface area contributed by atoms with Gasteiger partial charge < -0.3 is 30.6 Å². The first-order valence-corrected chi connectivity index (χ1v) is 8.53. The molecule has 0 aliphatic heterocycles. The van der Waals surface area contributed by atoms with Crippen LogP contribution >= 0.6 is 0 Å². The molecule has 2 fully saturated rings. The number of benzene rings is 1. The normalized spacial score (nSPS) is 47.0. The molecule has 6 N–H and O–H groups in total. The number of aromatic hydroxyl groups is 2. The van der Waals surface area contributed by atoms with Crippen LogP contribution in [0.2, 0.25) is 0 Å². The molecule has 0 bridgehead atoms. The molecular weight excluding hydrogens is 312 g/mol. The lowest BCUT2D eigenvalue weighted by molar-refractivity contribution is -0.204. The van der Waals surface area contributed by atoms with E-state index >= 15 is 0 Å². The number of hydrogen-bond donors (Lipinski definition) is 6. The average molecular weight is 336 g/mol. The molecule has 0 saturated heterocycles. The van der Waals surface area contributed by atoms with E-state index in [0.717, 1.165) is 0 Å². The largest absolute Gasteiger partial charge is 0.504 e. The zero-order valence-electron chi connectivity index (χ0n) is 13.6. The van der Waals surface area contributed by atoms with Gasteiger partial charge in [0.15, 0.2) is 11.5 Å². The number of aliphatic hydroxyl groups excluding tert-OH is 3. The Morgan fingerprint density at radius 3 is 2.25 bits per heavy atom. The Hall–Kier alpha value is -1.34. The van der Waals surface area contributed by atoms with Crippen molar-refractivity contribution >= 4 is 0 Å². The third-order valence-corrected chi connectivity index (χ3v) is 7.07. The molecule has 4 rings (SSSR count). The minimum absolute atomic E-state index is 0.242. The third-order valence-electron chi connectivity index (χ3n) is 7.07. The summed E-state index contributed by atoms with van der Waals surface area (Å²) in [6.45, 7) is 1.85. The Morgan fingerprint density at radius 1 is 0.958 bits per heavy atom. The molecule has 0 amide bonds. The van der Waals surface area contributed by atoms with E-state index in [-0.39, 0.29) is 17.4 Å². The fourth-order valence-corrected chi connectivity index (χ4v) is 5.58. The molecule has 0 aromatic heterocycles. The topological polar surface area (TPSA) is 121 Å². The first kappa shape index (κ1) is 16.1. The maximum absolute atomic E-state index is 11.4. The lowest BCUT2D eigenvalue weighted by Gasteiger charge is -2.57. The lowest BCUT2D eigenvalue weighted by Crippen LogP contribution is -2.62. The Kier molecular flexibility index (Phi) is 3.26. The minimum Gasteiger partial charge on any atom is -0.504 e. The van der Waals surface area contributed by atoms with Crippen LogP contribution in [0, 0.1) is 11.3 Å². The number of fused-ring (bicyclic) bond motifs is 5. The van der Waals surface area contributed by atoms with Gasteiger partial charge >= 0.3 is 0 Å². The summed E-state index contributed by atoms with van der Waals surface area (Å²) in [6.07, 6.45) is -1.03. The van der Waals surface area contributed by atoms with Gasteiger partial charge in [-0.25, -0.2) is 0 Å². The van der Waals surface area contributed by atoms with Crippen LogP contribution in [0.4, 0.5) is 0 Å². The van der Waals surface area contributed by atoms with Crippen LogP contribution in [0.15, 0.2) is 12.1 Å². The second-order valence-electron chi connectivity index (χ2n) is 7.97. The molecule has 0 radical (unpaired) electrons. The number of phenolic OH excluding ortho intramolecular Hbond substituents is 2. The molecule has 1 aromatic rings. The zero-order chi connectivity index (χ0) is 17.4. The smallest absolute Gasteiger partial charge is 0.157 e. The molecule has 3 aliphatic rings. The van der Waals surface area contributed by atoms with E-state index in [9.17, 15) is 30.6 Å². The zero-order valence-corrected chi connectivity index (χ0v) is 13.6. The maximum atomic E-state index is 11.4. The Labute approximate surface area is 140 Å². The molecule has 24 heavy (non-hydrogen) atoms. The van der Waals surface area contributed by atoms with Crippen molar-refractivity contribution in [3.63, 3.8) is 0 Å². The van der Waals surface area contributed by atoms with Gasteiger partial charge in [-0.3, -0.25) is 0 Å². The third kappa shape index (κ3) is 1.74. The number of rotatable bonds is 0. The van der Waals surface area contributed by atoms with Crippen molar-refractivity contribution in [3.8, 4) is 11.5 Å². The fourth-order valence-electron chi connectivity index (χ4n) is 5.58. The molecule has 1 aromatic carbocycles. The van der Waals surface area contributed by atoms with Crippen molar-refractivity contribution in [2.24, 2.45) is 11.3 Å². The molecule has 7 atom stereocenters. The van der Waals surface area contributed by atoms with E-state index < -0.39 is 35.2 Å². The summed E-state index contributed by atoms with van der Waals surface area (Å²) in [4.78, 5) is 0. The molecule has 132 valence electrons. The summed E-state index contributed by atoms with van der Waals surface area (Å²) in [7, 11) is 0. The van der Waals surface area contributed by atoms with Crippen molar-refractivity contribution in [1.29, 1.82) is 0 Å². The second-order valence-corrected chi connectivity index (χ2v) is 7.97. The summed E-state index contributed by atoms with van der Waals surface area (Å²) in [6, 6.07) is 2.71. The molecule has 3 aliphatic carbocycles. The number of phenols is 2. The summed E-state index contributed by atoms with van der Waals surface area (Å²) < 4.78 is 0. The summed E-state index contributed by atoms with van der Waals surface area (Å²) >= 11 is 0. The predicted octanol–water partition coefficient (Wildman–Crippen LogP) is 0.891. The van der Waals surface area contributed by atoms with Crippen LogP contribution in [-0.4, -0.2) is 48.4 Å². The van der Waals surface area contributed by atoms with Crippen LogP contribution in [0.1, 0.15) is 55.8 Å². The van der Waals surface area contributed by atoms with E-state index in [0.29, 0.717) is 36.8 Å². The van der Waals surface area contributed by atoms with E-state index in [1.807, 2.05) is 6.92 Å². The standard InChI is InChI=1S/C18H24O6/c1-17-4-2-8-9-6-11(19)12(20)7-10(9)15(22)16(23)14(8)18(17,24)5-3-13(17)21/h6-8,13-16,19-24H,2-5H2,1H3/t8-,13-,14+,15-,16+,17-,18+/m1/s1. The van der Waals surface area contributed by atoms with Gasteiger partial charge in [0.2, 0.25) is 0 Å². The van der Waals surface area contributed by atoms with Gasteiger partial charge in [-0.05, 0) is 54.9 Å². The summed E-state index contributed by atoms with van der Waals surface area (Å²) in [5.41, 5.74) is -0.943.